The second kappa shape index (κ2) is 5.51. The lowest BCUT2D eigenvalue weighted by Crippen LogP contribution is -2.01. The molecule has 5 nitrogen and oxygen atoms in total. The fourth-order valence-corrected chi connectivity index (χ4v) is 1.56. The average molecular weight is 263 g/mol. The highest BCUT2D eigenvalue weighted by Crippen LogP contribution is 2.28. The van der Waals surface area contributed by atoms with Crippen molar-refractivity contribution in [2.45, 2.75) is 6.92 Å². The van der Waals surface area contributed by atoms with Crippen LogP contribution in [0.4, 0.5) is 15.9 Å². The minimum atomic E-state index is -0.482. The molecule has 0 aliphatic carbocycles. The summed E-state index contributed by atoms with van der Waals surface area (Å²) in [4.78, 5) is 7.64. The van der Waals surface area contributed by atoms with Crippen molar-refractivity contribution in [3.8, 4) is 11.5 Å². The maximum atomic E-state index is 13.8. The Morgan fingerprint density at radius 3 is 2.26 bits per heavy atom. The minimum absolute atomic E-state index is 0.114. The highest BCUT2D eigenvalue weighted by atomic mass is 19.1. The van der Waals surface area contributed by atoms with E-state index in [0.717, 1.165) is 0 Å². The summed E-state index contributed by atoms with van der Waals surface area (Å²) in [5.41, 5.74) is 0.903. The molecule has 100 valence electrons. The summed E-state index contributed by atoms with van der Waals surface area (Å²) in [5.74, 6) is 0.841. The van der Waals surface area contributed by atoms with Gasteiger partial charge in [0.2, 0.25) is 0 Å². The van der Waals surface area contributed by atoms with Crippen molar-refractivity contribution < 1.29 is 13.9 Å². The van der Waals surface area contributed by atoms with Crippen molar-refractivity contribution in [3.05, 3.63) is 36.0 Å². The lowest BCUT2D eigenvalue weighted by Gasteiger charge is -2.11. The van der Waals surface area contributed by atoms with E-state index in [2.05, 4.69) is 15.3 Å². The fraction of sp³-hybridized carbons (Fsp3) is 0.231. The lowest BCUT2D eigenvalue weighted by molar-refractivity contribution is 0.395. The second-order valence-corrected chi connectivity index (χ2v) is 3.85. The van der Waals surface area contributed by atoms with Gasteiger partial charge in [-0.2, -0.15) is 0 Å². The van der Waals surface area contributed by atoms with Gasteiger partial charge in [0.25, 0.3) is 0 Å². The number of anilines is 2. The largest absolute Gasteiger partial charge is 0.497 e. The molecule has 1 aromatic heterocycles. The number of aryl methyl sites for hydroxylation is 1. The number of hydrogen-bond donors (Lipinski definition) is 1. The first-order valence-corrected chi connectivity index (χ1v) is 5.61. The highest BCUT2D eigenvalue weighted by molar-refractivity contribution is 5.61. The van der Waals surface area contributed by atoms with E-state index in [-0.39, 0.29) is 11.5 Å². The second-order valence-electron chi connectivity index (χ2n) is 3.85. The van der Waals surface area contributed by atoms with Crippen LogP contribution < -0.4 is 14.8 Å². The number of ether oxygens (including phenoxy) is 2. The van der Waals surface area contributed by atoms with Gasteiger partial charge in [-0.15, -0.1) is 0 Å². The van der Waals surface area contributed by atoms with Crippen LogP contribution in [0.25, 0.3) is 0 Å². The summed E-state index contributed by atoms with van der Waals surface area (Å²) in [7, 11) is 3.10. The zero-order chi connectivity index (χ0) is 13.8. The molecule has 0 aliphatic rings. The molecule has 2 aromatic rings. The molecule has 2 rings (SSSR count). The summed E-state index contributed by atoms with van der Waals surface area (Å²) in [6.07, 6.45) is 1.30. The Hall–Kier alpha value is -2.37. The molecule has 0 radical (unpaired) electrons. The van der Waals surface area contributed by atoms with Crippen LogP contribution >= 0.6 is 0 Å². The Morgan fingerprint density at radius 2 is 1.68 bits per heavy atom. The first-order chi connectivity index (χ1) is 9.13. The van der Waals surface area contributed by atoms with Gasteiger partial charge in [-0.05, 0) is 6.92 Å². The number of halogens is 1. The van der Waals surface area contributed by atoms with Gasteiger partial charge in [0.15, 0.2) is 11.6 Å². The lowest BCUT2D eigenvalue weighted by atomic mass is 10.2. The van der Waals surface area contributed by atoms with Gasteiger partial charge in [-0.3, -0.25) is 0 Å². The molecule has 0 fully saturated rings. The molecule has 0 atom stereocenters. The third kappa shape index (κ3) is 2.90. The number of nitrogens with one attached hydrogen (secondary N) is 1. The van der Waals surface area contributed by atoms with E-state index in [1.165, 1.54) is 6.33 Å². The standard InChI is InChI=1S/C13H14FN3O2/c1-8-12(14)13(16-7-15-8)17-9-4-10(18-2)6-11(5-9)19-3/h4-7H,1-3H3,(H,15,16,17). The van der Waals surface area contributed by atoms with E-state index in [9.17, 15) is 4.39 Å². The molecule has 1 aromatic carbocycles. The molecule has 19 heavy (non-hydrogen) atoms. The molecular weight excluding hydrogens is 249 g/mol. The first-order valence-electron chi connectivity index (χ1n) is 5.61. The maximum absolute atomic E-state index is 13.8. The van der Waals surface area contributed by atoms with Crippen LogP contribution in [0.15, 0.2) is 24.5 Å². The quantitative estimate of drug-likeness (QED) is 0.919. The van der Waals surface area contributed by atoms with E-state index in [1.807, 2.05) is 0 Å². The van der Waals surface area contributed by atoms with E-state index < -0.39 is 5.82 Å². The summed E-state index contributed by atoms with van der Waals surface area (Å²) in [5, 5.41) is 2.88. The number of methoxy groups -OCH3 is 2. The van der Waals surface area contributed by atoms with Crippen molar-refractivity contribution in [3.63, 3.8) is 0 Å². The highest BCUT2D eigenvalue weighted by Gasteiger charge is 2.09. The summed E-state index contributed by atoms with van der Waals surface area (Å²) < 4.78 is 24.1. The van der Waals surface area contributed by atoms with Crippen molar-refractivity contribution in [2.24, 2.45) is 0 Å². The Bertz CT molecular complexity index is 568. The predicted octanol–water partition coefficient (Wildman–Crippen LogP) is 2.68. The minimum Gasteiger partial charge on any atom is -0.497 e. The van der Waals surface area contributed by atoms with Crippen LogP contribution in [0.3, 0.4) is 0 Å². The smallest absolute Gasteiger partial charge is 0.186 e. The van der Waals surface area contributed by atoms with Crippen molar-refractivity contribution in [1.82, 2.24) is 9.97 Å². The normalized spacial score (nSPS) is 10.1. The Morgan fingerprint density at radius 1 is 1.05 bits per heavy atom. The summed E-state index contributed by atoms with van der Waals surface area (Å²) in [6.45, 7) is 1.58. The van der Waals surface area contributed by atoms with E-state index in [0.29, 0.717) is 17.2 Å². The van der Waals surface area contributed by atoms with Crippen LogP contribution in [0.1, 0.15) is 5.69 Å². The predicted molar refractivity (Wildman–Crippen MR) is 69.6 cm³/mol. The Balaban J connectivity index is 2.34. The zero-order valence-electron chi connectivity index (χ0n) is 10.9. The molecule has 0 aliphatic heterocycles. The van der Waals surface area contributed by atoms with Gasteiger partial charge in [0.1, 0.15) is 17.8 Å². The topological polar surface area (TPSA) is 56.3 Å². The van der Waals surface area contributed by atoms with Crippen LogP contribution in [0, 0.1) is 12.7 Å². The van der Waals surface area contributed by atoms with Gasteiger partial charge >= 0.3 is 0 Å². The van der Waals surface area contributed by atoms with Gasteiger partial charge in [-0.25, -0.2) is 14.4 Å². The monoisotopic (exact) mass is 263 g/mol. The summed E-state index contributed by atoms with van der Waals surface area (Å²) in [6, 6.07) is 5.17. The molecule has 0 unspecified atom stereocenters. The third-order valence-electron chi connectivity index (χ3n) is 2.58. The number of benzene rings is 1. The van der Waals surface area contributed by atoms with Crippen LogP contribution in [0.5, 0.6) is 11.5 Å². The van der Waals surface area contributed by atoms with Crippen LogP contribution in [-0.2, 0) is 0 Å². The van der Waals surface area contributed by atoms with Crippen molar-refractivity contribution in [2.75, 3.05) is 19.5 Å². The van der Waals surface area contributed by atoms with E-state index in [4.69, 9.17) is 9.47 Å². The fourth-order valence-electron chi connectivity index (χ4n) is 1.56. The molecule has 0 saturated heterocycles. The molecule has 0 saturated carbocycles. The van der Waals surface area contributed by atoms with Crippen molar-refractivity contribution >= 4 is 11.5 Å². The van der Waals surface area contributed by atoms with Gasteiger partial charge in [-0.1, -0.05) is 0 Å². The van der Waals surface area contributed by atoms with Crippen LogP contribution in [0.2, 0.25) is 0 Å². The van der Waals surface area contributed by atoms with E-state index in [1.54, 1.807) is 39.3 Å². The molecule has 0 bridgehead atoms. The number of nitrogens with zero attached hydrogens (tertiary/aromatic N) is 2. The SMILES string of the molecule is COc1cc(Nc2ncnc(C)c2F)cc(OC)c1. The maximum Gasteiger partial charge on any atom is 0.186 e. The average Bonchev–Trinajstić information content (AvgIpc) is 2.43. The molecule has 6 heteroatoms. The first kappa shape index (κ1) is 13.1. The van der Waals surface area contributed by atoms with Gasteiger partial charge in [0, 0.05) is 23.9 Å². The third-order valence-corrected chi connectivity index (χ3v) is 2.58. The molecular formula is C13H14FN3O2. The molecule has 1 N–H and O–H groups in total. The molecule has 0 amide bonds. The number of hydrogen-bond acceptors (Lipinski definition) is 5. The Kier molecular flexibility index (Phi) is 3.79. The Labute approximate surface area is 110 Å². The molecule has 1 heterocycles. The number of aromatic nitrogens is 2. The van der Waals surface area contributed by atoms with E-state index >= 15 is 0 Å². The van der Waals surface area contributed by atoms with Crippen molar-refractivity contribution in [1.29, 1.82) is 0 Å². The zero-order valence-corrected chi connectivity index (χ0v) is 10.9. The number of rotatable bonds is 4. The van der Waals surface area contributed by atoms with Gasteiger partial charge < -0.3 is 14.8 Å². The molecule has 0 spiro atoms. The van der Waals surface area contributed by atoms with Gasteiger partial charge in [0.05, 0.1) is 19.9 Å². The summed E-state index contributed by atoms with van der Waals surface area (Å²) >= 11 is 0. The van der Waals surface area contributed by atoms with Crippen LogP contribution in [-0.4, -0.2) is 24.2 Å².